The first-order valence-corrected chi connectivity index (χ1v) is 11.3. The molecule has 0 atom stereocenters. The van der Waals surface area contributed by atoms with Crippen molar-refractivity contribution in [3.05, 3.63) is 88.8 Å². The molecular weight excluding hydrogens is 466 g/mol. The number of nitrogens with zero attached hydrogens (tertiary/aromatic N) is 2. The molecule has 9 heteroatoms. The number of ether oxygens (including phenoxy) is 1. The van der Waals surface area contributed by atoms with Crippen molar-refractivity contribution in [2.45, 2.75) is 25.9 Å². The molecule has 0 spiro atoms. The van der Waals surface area contributed by atoms with E-state index >= 15 is 0 Å². The molecule has 176 valence electrons. The Labute approximate surface area is 198 Å². The molecule has 0 fully saturated rings. The highest BCUT2D eigenvalue weighted by atomic mass is 32.1. The number of benzene rings is 2. The molecule has 4 rings (SSSR count). The summed E-state index contributed by atoms with van der Waals surface area (Å²) in [5.74, 6) is 0.683. The summed E-state index contributed by atoms with van der Waals surface area (Å²) in [6, 6.07) is 14.8. The molecule has 34 heavy (non-hydrogen) atoms. The van der Waals surface area contributed by atoms with E-state index in [9.17, 15) is 17.6 Å². The van der Waals surface area contributed by atoms with Crippen LogP contribution in [-0.2, 0) is 12.6 Å². The third-order valence-electron chi connectivity index (χ3n) is 5.07. The highest BCUT2D eigenvalue weighted by molar-refractivity contribution is 7.14. The molecule has 4 nitrogen and oxygen atoms in total. The van der Waals surface area contributed by atoms with Gasteiger partial charge in [0, 0.05) is 23.6 Å². The molecule has 0 amide bonds. The number of thiazole rings is 1. The van der Waals surface area contributed by atoms with Gasteiger partial charge in [0.15, 0.2) is 5.13 Å². The number of hydrogen-bond donors (Lipinski definition) is 1. The molecule has 0 unspecified atom stereocenters. The van der Waals surface area contributed by atoms with Crippen molar-refractivity contribution >= 4 is 22.2 Å². The van der Waals surface area contributed by atoms with E-state index in [0.29, 0.717) is 24.3 Å². The fraction of sp³-hybridized carbons (Fsp3) is 0.200. The third kappa shape index (κ3) is 5.91. The Hall–Kier alpha value is -3.46. The molecule has 0 bridgehead atoms. The lowest BCUT2D eigenvalue weighted by Crippen LogP contribution is -2.11. The molecule has 0 aliphatic rings. The zero-order valence-electron chi connectivity index (χ0n) is 18.2. The molecule has 2 heterocycles. The quantitative estimate of drug-likeness (QED) is 0.207. The summed E-state index contributed by atoms with van der Waals surface area (Å²) in [7, 11) is 0. The standard InChI is InChI=1S/C25H21F4N3OS/c1-16-6-10-20(11-7-16)33-13-3-5-17-8-9-19(14-21(17)25(27,28)29)31-24-32-22(23(26)34-24)18-4-2-12-30-15-18/h2,4,6-12,14-15H,3,5,13H2,1H3,(H,31,32). The first-order chi connectivity index (χ1) is 16.3. The number of alkyl halides is 3. The number of anilines is 2. The zero-order chi connectivity index (χ0) is 24.1. The third-order valence-corrected chi connectivity index (χ3v) is 5.83. The minimum atomic E-state index is -4.53. The lowest BCUT2D eigenvalue weighted by Gasteiger charge is -2.15. The summed E-state index contributed by atoms with van der Waals surface area (Å²) in [6.07, 6.45) is -0.865. The molecular formula is C25H21F4N3OS. The van der Waals surface area contributed by atoms with Crippen LogP contribution in [0.4, 0.5) is 28.4 Å². The lowest BCUT2D eigenvalue weighted by molar-refractivity contribution is -0.138. The SMILES string of the molecule is Cc1ccc(OCCCc2ccc(Nc3nc(-c4cccnc4)c(F)s3)cc2C(F)(F)F)cc1. The van der Waals surface area contributed by atoms with Crippen LogP contribution in [0.2, 0.25) is 0 Å². The van der Waals surface area contributed by atoms with E-state index < -0.39 is 16.9 Å². The fourth-order valence-corrected chi connectivity index (χ4v) is 4.12. The van der Waals surface area contributed by atoms with Crippen LogP contribution in [0, 0.1) is 12.1 Å². The molecule has 0 saturated carbocycles. The largest absolute Gasteiger partial charge is 0.494 e. The second-order valence-corrected chi connectivity index (χ2v) is 8.59. The van der Waals surface area contributed by atoms with Crippen molar-refractivity contribution in [1.82, 2.24) is 9.97 Å². The average molecular weight is 488 g/mol. The van der Waals surface area contributed by atoms with Gasteiger partial charge in [-0.15, -0.1) is 0 Å². The van der Waals surface area contributed by atoms with Crippen molar-refractivity contribution in [3.8, 4) is 17.0 Å². The van der Waals surface area contributed by atoms with Gasteiger partial charge in [-0.3, -0.25) is 4.98 Å². The van der Waals surface area contributed by atoms with Crippen LogP contribution < -0.4 is 10.1 Å². The topological polar surface area (TPSA) is 47.0 Å². The van der Waals surface area contributed by atoms with Gasteiger partial charge in [-0.25, -0.2) is 4.98 Å². The summed E-state index contributed by atoms with van der Waals surface area (Å²) in [4.78, 5) is 8.12. The van der Waals surface area contributed by atoms with Gasteiger partial charge in [0.25, 0.3) is 0 Å². The van der Waals surface area contributed by atoms with Crippen LogP contribution in [0.1, 0.15) is 23.1 Å². The van der Waals surface area contributed by atoms with Crippen LogP contribution >= 0.6 is 11.3 Å². The Balaban J connectivity index is 1.45. The molecule has 0 saturated heterocycles. The van der Waals surface area contributed by atoms with E-state index in [1.165, 1.54) is 18.3 Å². The van der Waals surface area contributed by atoms with Crippen LogP contribution in [-0.4, -0.2) is 16.6 Å². The van der Waals surface area contributed by atoms with Gasteiger partial charge in [-0.05, 0) is 61.7 Å². The van der Waals surface area contributed by atoms with Crippen molar-refractivity contribution in [2.24, 2.45) is 0 Å². The maximum Gasteiger partial charge on any atom is 0.416 e. The van der Waals surface area contributed by atoms with E-state index in [0.717, 1.165) is 23.0 Å². The average Bonchev–Trinajstić information content (AvgIpc) is 3.18. The Morgan fingerprint density at radius 2 is 1.85 bits per heavy atom. The van der Waals surface area contributed by atoms with E-state index in [1.807, 2.05) is 31.2 Å². The molecule has 0 aliphatic heterocycles. The molecule has 1 N–H and O–H groups in total. The summed E-state index contributed by atoms with van der Waals surface area (Å²) in [5, 5.41) is 2.40. The number of nitrogens with one attached hydrogen (secondary N) is 1. The molecule has 4 aromatic rings. The molecule has 0 aliphatic carbocycles. The fourth-order valence-electron chi connectivity index (χ4n) is 3.38. The summed E-state index contributed by atoms with van der Waals surface area (Å²) >= 11 is 0.723. The van der Waals surface area contributed by atoms with Crippen molar-refractivity contribution in [3.63, 3.8) is 0 Å². The van der Waals surface area contributed by atoms with E-state index in [1.54, 1.807) is 18.3 Å². The molecule has 2 aromatic carbocycles. The first kappa shape index (κ1) is 23.7. The van der Waals surface area contributed by atoms with Crippen molar-refractivity contribution in [1.29, 1.82) is 0 Å². The van der Waals surface area contributed by atoms with Gasteiger partial charge < -0.3 is 10.1 Å². The number of aromatic nitrogens is 2. The number of pyridine rings is 1. The summed E-state index contributed by atoms with van der Waals surface area (Å²) in [5.41, 5.74) is 1.30. The molecule has 2 aromatic heterocycles. The Kier molecular flexibility index (Phi) is 7.12. The normalized spacial score (nSPS) is 11.4. The number of halogens is 4. The Morgan fingerprint density at radius 3 is 2.56 bits per heavy atom. The second kappa shape index (κ2) is 10.2. The monoisotopic (exact) mass is 487 g/mol. The first-order valence-electron chi connectivity index (χ1n) is 10.5. The summed E-state index contributed by atoms with van der Waals surface area (Å²) < 4.78 is 61.2. The van der Waals surface area contributed by atoms with Crippen LogP contribution in [0.25, 0.3) is 11.3 Å². The van der Waals surface area contributed by atoms with Crippen LogP contribution in [0.3, 0.4) is 0 Å². The van der Waals surface area contributed by atoms with E-state index in [2.05, 4.69) is 15.3 Å². The number of rotatable bonds is 8. The van der Waals surface area contributed by atoms with Crippen molar-refractivity contribution in [2.75, 3.05) is 11.9 Å². The van der Waals surface area contributed by atoms with Crippen LogP contribution in [0.15, 0.2) is 67.0 Å². The number of hydrogen-bond acceptors (Lipinski definition) is 5. The highest BCUT2D eigenvalue weighted by Gasteiger charge is 2.33. The Morgan fingerprint density at radius 1 is 1.06 bits per heavy atom. The summed E-state index contributed by atoms with van der Waals surface area (Å²) in [6.45, 7) is 2.27. The highest BCUT2D eigenvalue weighted by Crippen LogP contribution is 2.36. The van der Waals surface area contributed by atoms with E-state index in [-0.39, 0.29) is 28.5 Å². The lowest BCUT2D eigenvalue weighted by atomic mass is 10.0. The van der Waals surface area contributed by atoms with Crippen molar-refractivity contribution < 1.29 is 22.3 Å². The van der Waals surface area contributed by atoms with Gasteiger partial charge in [0.05, 0.1) is 12.2 Å². The number of aryl methyl sites for hydroxylation is 2. The smallest absolute Gasteiger partial charge is 0.416 e. The van der Waals surface area contributed by atoms with Gasteiger partial charge in [-0.1, -0.05) is 35.1 Å². The van der Waals surface area contributed by atoms with E-state index in [4.69, 9.17) is 4.74 Å². The predicted molar refractivity (Wildman–Crippen MR) is 125 cm³/mol. The maximum absolute atomic E-state index is 14.3. The zero-order valence-corrected chi connectivity index (χ0v) is 19.0. The Bertz CT molecular complexity index is 1240. The minimum absolute atomic E-state index is 0.0989. The minimum Gasteiger partial charge on any atom is -0.494 e. The van der Waals surface area contributed by atoms with Crippen LogP contribution in [0.5, 0.6) is 5.75 Å². The predicted octanol–water partition coefficient (Wildman–Crippen LogP) is 7.43. The van der Waals surface area contributed by atoms with Gasteiger partial charge >= 0.3 is 6.18 Å². The van der Waals surface area contributed by atoms with Gasteiger partial charge in [-0.2, -0.15) is 17.6 Å². The maximum atomic E-state index is 14.3. The van der Waals surface area contributed by atoms with Gasteiger partial charge in [0.1, 0.15) is 11.4 Å². The molecule has 0 radical (unpaired) electrons. The second-order valence-electron chi connectivity index (χ2n) is 7.64. The van der Waals surface area contributed by atoms with Gasteiger partial charge in [0.2, 0.25) is 5.13 Å².